The molecule has 0 spiro atoms. The molecule has 2 aliphatic rings. The maximum Gasteiger partial charge on any atom is 0.419 e. The summed E-state index contributed by atoms with van der Waals surface area (Å²) in [6, 6.07) is 9.08. The van der Waals surface area contributed by atoms with Crippen LogP contribution in [0.15, 0.2) is 36.4 Å². The van der Waals surface area contributed by atoms with Crippen LogP contribution in [0.2, 0.25) is 0 Å². The van der Waals surface area contributed by atoms with Gasteiger partial charge in [-0.3, -0.25) is 0 Å². The van der Waals surface area contributed by atoms with Crippen molar-refractivity contribution in [3.05, 3.63) is 70.0 Å². The smallest absolute Gasteiger partial charge is 0.206 e. The summed E-state index contributed by atoms with van der Waals surface area (Å²) in [6.45, 7) is 2.29. The molecule has 3 unspecified atom stereocenters. The minimum atomic E-state index is -4.69. The molecule has 2 aromatic carbocycles. The van der Waals surface area contributed by atoms with Gasteiger partial charge in [0.15, 0.2) is 0 Å². The second kappa shape index (κ2) is 7.86. The van der Waals surface area contributed by atoms with E-state index in [4.69, 9.17) is 0 Å². The molecule has 4 rings (SSSR count). The van der Waals surface area contributed by atoms with Crippen molar-refractivity contribution in [2.24, 2.45) is 11.8 Å². The molecule has 0 N–H and O–H groups in total. The normalized spacial score (nSPS) is 23.6. The summed E-state index contributed by atoms with van der Waals surface area (Å²) in [6.07, 6.45) is 2.75. The third kappa shape index (κ3) is 4.20. The average Bonchev–Trinajstić information content (AvgIpc) is 2.70. The van der Waals surface area contributed by atoms with Gasteiger partial charge < -0.3 is 0 Å². The molecule has 0 bridgehead atoms. The quantitative estimate of drug-likeness (QED) is 0.354. The van der Waals surface area contributed by atoms with Gasteiger partial charge in [0.05, 0.1) is 5.56 Å². The van der Waals surface area contributed by atoms with Crippen molar-refractivity contribution in [1.82, 2.24) is 0 Å². The molecule has 0 aliphatic heterocycles. The molecule has 0 aromatic heterocycles. The monoisotopic (exact) mass is 400 g/mol. The van der Waals surface area contributed by atoms with E-state index in [9.17, 15) is 17.6 Å². The first-order chi connectivity index (χ1) is 13.8. The Morgan fingerprint density at radius 2 is 1.69 bits per heavy atom. The number of aryl methyl sites for hydroxylation is 1. The van der Waals surface area contributed by atoms with Crippen molar-refractivity contribution in [2.45, 2.75) is 57.5 Å². The number of rotatable bonds is 1. The molecule has 0 radical (unpaired) electrons. The summed E-state index contributed by atoms with van der Waals surface area (Å²) < 4.78 is 51.7. The Morgan fingerprint density at radius 3 is 2.38 bits per heavy atom. The summed E-state index contributed by atoms with van der Waals surface area (Å²) in [5.41, 5.74) is 2.59. The fourth-order valence-electron chi connectivity index (χ4n) is 5.03. The van der Waals surface area contributed by atoms with Gasteiger partial charge in [-0.15, -0.1) is 0 Å². The zero-order valence-electron chi connectivity index (χ0n) is 16.5. The van der Waals surface area contributed by atoms with Crippen LogP contribution < -0.4 is 0 Å². The number of halogens is 4. The molecule has 0 heterocycles. The summed E-state index contributed by atoms with van der Waals surface area (Å²) in [5.74, 6) is 6.80. The molecule has 0 nitrogen and oxygen atoms in total. The van der Waals surface area contributed by atoms with Crippen molar-refractivity contribution >= 4 is 0 Å². The van der Waals surface area contributed by atoms with Gasteiger partial charge in [-0.2, -0.15) is 13.2 Å². The Morgan fingerprint density at radius 1 is 0.966 bits per heavy atom. The number of benzene rings is 2. The molecular weight excluding hydrogens is 376 g/mol. The van der Waals surface area contributed by atoms with E-state index in [1.165, 1.54) is 49.3 Å². The van der Waals surface area contributed by atoms with Crippen LogP contribution in [0.5, 0.6) is 0 Å². The van der Waals surface area contributed by atoms with Crippen LogP contribution in [0.3, 0.4) is 0 Å². The van der Waals surface area contributed by atoms with Gasteiger partial charge >= 0.3 is 6.18 Å². The Bertz CT molecular complexity index is 961. The molecule has 0 saturated heterocycles. The van der Waals surface area contributed by atoms with Crippen molar-refractivity contribution in [1.29, 1.82) is 0 Å². The van der Waals surface area contributed by atoms with Crippen LogP contribution in [0.4, 0.5) is 17.6 Å². The highest BCUT2D eigenvalue weighted by molar-refractivity contribution is 5.48. The number of hydrogen-bond donors (Lipinski definition) is 0. The SMILES string of the molecule is CCC1CCC2c3ccc(C#Cc4ccc(C(F)(F)F)c(F)c4)cc3CCC2C1. The highest BCUT2D eigenvalue weighted by Crippen LogP contribution is 2.47. The van der Waals surface area contributed by atoms with Crippen molar-refractivity contribution in [3.8, 4) is 11.8 Å². The van der Waals surface area contributed by atoms with E-state index in [2.05, 4.69) is 30.9 Å². The Labute approximate surface area is 169 Å². The molecule has 3 atom stereocenters. The van der Waals surface area contributed by atoms with E-state index in [0.717, 1.165) is 36.0 Å². The summed E-state index contributed by atoms with van der Waals surface area (Å²) in [4.78, 5) is 0. The van der Waals surface area contributed by atoms with Gasteiger partial charge in [-0.25, -0.2) is 4.39 Å². The molecule has 1 fully saturated rings. The third-order valence-corrected chi connectivity index (χ3v) is 6.62. The van der Waals surface area contributed by atoms with Gasteiger partial charge in [-0.05, 0) is 91.3 Å². The summed E-state index contributed by atoms with van der Waals surface area (Å²) >= 11 is 0. The largest absolute Gasteiger partial charge is 0.419 e. The van der Waals surface area contributed by atoms with Gasteiger partial charge in [0.2, 0.25) is 0 Å². The lowest BCUT2D eigenvalue weighted by Gasteiger charge is -2.40. The maximum absolute atomic E-state index is 13.7. The van der Waals surface area contributed by atoms with E-state index in [1.54, 1.807) is 0 Å². The molecular formula is C25H24F4. The van der Waals surface area contributed by atoms with E-state index < -0.39 is 17.6 Å². The predicted octanol–water partition coefficient (Wildman–Crippen LogP) is 7.10. The van der Waals surface area contributed by atoms with Gasteiger partial charge in [0, 0.05) is 11.1 Å². The molecule has 152 valence electrons. The number of hydrogen-bond acceptors (Lipinski definition) is 0. The minimum Gasteiger partial charge on any atom is -0.206 e. The van der Waals surface area contributed by atoms with Crippen molar-refractivity contribution in [3.63, 3.8) is 0 Å². The maximum atomic E-state index is 13.7. The topological polar surface area (TPSA) is 0 Å². The van der Waals surface area contributed by atoms with Crippen LogP contribution in [0.25, 0.3) is 0 Å². The van der Waals surface area contributed by atoms with E-state index in [-0.39, 0.29) is 5.56 Å². The first-order valence-corrected chi connectivity index (χ1v) is 10.4. The highest BCUT2D eigenvalue weighted by Gasteiger charge is 2.35. The Kier molecular flexibility index (Phi) is 5.42. The first-order valence-electron chi connectivity index (χ1n) is 10.4. The number of fused-ring (bicyclic) bond motifs is 3. The van der Waals surface area contributed by atoms with Crippen LogP contribution >= 0.6 is 0 Å². The summed E-state index contributed by atoms with van der Waals surface area (Å²) in [5, 5.41) is 0. The summed E-state index contributed by atoms with van der Waals surface area (Å²) in [7, 11) is 0. The van der Waals surface area contributed by atoms with Gasteiger partial charge in [-0.1, -0.05) is 31.3 Å². The molecule has 2 aromatic rings. The second-order valence-electron chi connectivity index (χ2n) is 8.35. The molecule has 4 heteroatoms. The minimum absolute atomic E-state index is 0.242. The average molecular weight is 400 g/mol. The van der Waals surface area contributed by atoms with E-state index in [1.807, 2.05) is 6.07 Å². The zero-order valence-corrected chi connectivity index (χ0v) is 16.5. The first kappa shape index (κ1) is 20.0. The molecule has 1 saturated carbocycles. The second-order valence-corrected chi connectivity index (χ2v) is 8.35. The Hall–Kier alpha value is -2.28. The zero-order chi connectivity index (χ0) is 20.6. The van der Waals surface area contributed by atoms with Crippen molar-refractivity contribution < 1.29 is 17.6 Å². The van der Waals surface area contributed by atoms with E-state index in [0.29, 0.717) is 5.92 Å². The molecule has 0 amide bonds. The standard InChI is InChI=1S/C25H24F4/c1-2-16-5-10-21-19(13-16)8-9-20-14-17(6-11-22(20)21)3-4-18-7-12-23(24(26)15-18)25(27,28)29/h6-7,11-12,14-16,19,21H,2,5,8-10,13H2,1H3. The van der Waals surface area contributed by atoms with Crippen LogP contribution in [-0.4, -0.2) is 0 Å². The highest BCUT2D eigenvalue weighted by atomic mass is 19.4. The Balaban J connectivity index is 1.54. The molecule has 29 heavy (non-hydrogen) atoms. The molecule has 2 aliphatic carbocycles. The lowest BCUT2D eigenvalue weighted by molar-refractivity contribution is -0.140. The fourth-order valence-corrected chi connectivity index (χ4v) is 5.03. The van der Waals surface area contributed by atoms with Crippen molar-refractivity contribution in [2.75, 3.05) is 0 Å². The lowest BCUT2D eigenvalue weighted by Crippen LogP contribution is -2.27. The van der Waals surface area contributed by atoms with Crippen LogP contribution in [0, 0.1) is 29.5 Å². The van der Waals surface area contributed by atoms with Gasteiger partial charge in [0.25, 0.3) is 0 Å². The number of alkyl halides is 3. The predicted molar refractivity (Wildman–Crippen MR) is 106 cm³/mol. The van der Waals surface area contributed by atoms with Crippen LogP contribution in [-0.2, 0) is 12.6 Å². The van der Waals surface area contributed by atoms with Crippen LogP contribution in [0.1, 0.15) is 72.8 Å². The lowest BCUT2D eigenvalue weighted by atomic mass is 9.65. The van der Waals surface area contributed by atoms with E-state index >= 15 is 0 Å². The third-order valence-electron chi connectivity index (χ3n) is 6.62. The fraction of sp³-hybridized carbons (Fsp3) is 0.440. The van der Waals surface area contributed by atoms with Gasteiger partial charge in [0.1, 0.15) is 5.82 Å².